The molecule has 0 radical (unpaired) electrons. The molecule has 0 fully saturated rings. The van der Waals surface area contributed by atoms with Crippen molar-refractivity contribution in [1.82, 2.24) is 14.6 Å². The van der Waals surface area contributed by atoms with E-state index in [0.29, 0.717) is 28.2 Å². The molecule has 0 bridgehead atoms. The average Bonchev–Trinajstić information content (AvgIpc) is 2.82. The van der Waals surface area contributed by atoms with E-state index in [9.17, 15) is 10.1 Å². The fraction of sp³-hybridized carbons (Fsp3) is 0.133. The Bertz CT molecular complexity index is 897. The van der Waals surface area contributed by atoms with Crippen molar-refractivity contribution < 1.29 is 0 Å². The second-order valence-corrected chi connectivity index (χ2v) is 4.63. The van der Waals surface area contributed by atoms with Gasteiger partial charge in [-0.05, 0) is 25.0 Å². The molecule has 0 unspecified atom stereocenters. The van der Waals surface area contributed by atoms with Gasteiger partial charge in [-0.3, -0.25) is 9.89 Å². The quantitative estimate of drug-likeness (QED) is 0.732. The van der Waals surface area contributed by atoms with Crippen molar-refractivity contribution in [2.45, 2.75) is 13.8 Å². The lowest BCUT2D eigenvalue weighted by Crippen LogP contribution is -2.19. The monoisotopic (exact) mass is 264 g/mol. The number of benzene rings is 1. The lowest BCUT2D eigenvalue weighted by molar-refractivity contribution is 0.894. The van der Waals surface area contributed by atoms with E-state index in [2.05, 4.69) is 16.2 Å². The molecule has 0 saturated carbocycles. The number of rotatable bonds is 1. The highest BCUT2D eigenvalue weighted by Gasteiger charge is 2.18. The topological polar surface area (TPSA) is 73.9 Å². The molecule has 5 heteroatoms. The zero-order valence-corrected chi connectivity index (χ0v) is 11.1. The van der Waals surface area contributed by atoms with Crippen LogP contribution in [0, 0.1) is 25.2 Å². The number of fused-ring (bicyclic) bond motifs is 1. The van der Waals surface area contributed by atoms with E-state index in [-0.39, 0.29) is 5.56 Å². The van der Waals surface area contributed by atoms with Gasteiger partial charge >= 0.3 is 0 Å². The first kappa shape index (κ1) is 12.2. The SMILES string of the molecule is Cc1nc2c(C#N)c(C)c(-c3ccccc3)c(=O)n2[nH]1. The van der Waals surface area contributed by atoms with Crippen molar-refractivity contribution in [2.75, 3.05) is 0 Å². The number of aromatic nitrogens is 3. The van der Waals surface area contributed by atoms with Gasteiger partial charge in [0, 0.05) is 0 Å². The predicted molar refractivity (Wildman–Crippen MR) is 75.4 cm³/mol. The van der Waals surface area contributed by atoms with Crippen molar-refractivity contribution in [3.05, 3.63) is 57.6 Å². The second kappa shape index (κ2) is 4.35. The van der Waals surface area contributed by atoms with Gasteiger partial charge in [0.25, 0.3) is 5.56 Å². The number of hydrogen-bond donors (Lipinski definition) is 1. The summed E-state index contributed by atoms with van der Waals surface area (Å²) >= 11 is 0. The molecule has 0 amide bonds. The number of hydrogen-bond acceptors (Lipinski definition) is 3. The zero-order valence-electron chi connectivity index (χ0n) is 11.1. The fourth-order valence-electron chi connectivity index (χ4n) is 2.41. The molecule has 3 aromatic rings. The van der Waals surface area contributed by atoms with Gasteiger partial charge in [-0.2, -0.15) is 9.78 Å². The molecule has 0 aliphatic rings. The summed E-state index contributed by atoms with van der Waals surface area (Å²) in [4.78, 5) is 16.8. The summed E-state index contributed by atoms with van der Waals surface area (Å²) in [6.07, 6.45) is 0. The minimum absolute atomic E-state index is 0.191. The predicted octanol–water partition coefficient (Wildman–Crippen LogP) is 2.18. The lowest BCUT2D eigenvalue weighted by Gasteiger charge is -2.07. The number of H-pyrrole nitrogens is 1. The van der Waals surface area contributed by atoms with E-state index in [1.165, 1.54) is 4.52 Å². The Labute approximate surface area is 115 Å². The van der Waals surface area contributed by atoms with E-state index in [0.717, 1.165) is 5.56 Å². The molecule has 0 atom stereocenters. The second-order valence-electron chi connectivity index (χ2n) is 4.63. The third-order valence-electron chi connectivity index (χ3n) is 3.32. The molecular weight excluding hydrogens is 252 g/mol. The van der Waals surface area contributed by atoms with Crippen LogP contribution in [-0.4, -0.2) is 14.6 Å². The highest BCUT2D eigenvalue weighted by Crippen LogP contribution is 2.23. The molecule has 98 valence electrons. The summed E-state index contributed by atoms with van der Waals surface area (Å²) in [6.45, 7) is 3.54. The van der Waals surface area contributed by atoms with E-state index < -0.39 is 0 Å². The maximum atomic E-state index is 12.6. The molecule has 1 aromatic carbocycles. The zero-order chi connectivity index (χ0) is 14.3. The van der Waals surface area contributed by atoms with Crippen molar-refractivity contribution in [3.8, 4) is 17.2 Å². The van der Waals surface area contributed by atoms with Crippen molar-refractivity contribution in [1.29, 1.82) is 5.26 Å². The lowest BCUT2D eigenvalue weighted by atomic mass is 9.99. The normalized spacial score (nSPS) is 10.7. The Balaban J connectivity index is 2.51. The van der Waals surface area contributed by atoms with E-state index in [1.54, 1.807) is 13.8 Å². The van der Waals surface area contributed by atoms with Crippen LogP contribution in [0.15, 0.2) is 35.1 Å². The number of aryl methyl sites for hydroxylation is 1. The van der Waals surface area contributed by atoms with E-state index in [1.807, 2.05) is 30.3 Å². The summed E-state index contributed by atoms with van der Waals surface area (Å²) in [7, 11) is 0. The van der Waals surface area contributed by atoms with Gasteiger partial charge in [-0.15, -0.1) is 0 Å². The molecular formula is C15H12N4O. The van der Waals surface area contributed by atoms with Gasteiger partial charge in [0.1, 0.15) is 17.5 Å². The van der Waals surface area contributed by atoms with Crippen LogP contribution in [0.25, 0.3) is 16.8 Å². The smallest absolute Gasteiger partial charge is 0.276 e. The standard InChI is InChI=1S/C15H12N4O/c1-9-12(8-16)14-17-10(2)18-19(14)15(20)13(9)11-6-4-3-5-7-11/h3-7H,1-2H3,(H,17,18). The Kier molecular flexibility index (Phi) is 2.65. The van der Waals surface area contributed by atoms with Crippen LogP contribution in [-0.2, 0) is 0 Å². The molecule has 0 spiro atoms. The van der Waals surface area contributed by atoms with E-state index >= 15 is 0 Å². The molecule has 20 heavy (non-hydrogen) atoms. The molecule has 2 heterocycles. The molecule has 0 aliphatic heterocycles. The van der Waals surface area contributed by atoms with Crippen LogP contribution in [0.3, 0.4) is 0 Å². The fourth-order valence-corrected chi connectivity index (χ4v) is 2.41. The van der Waals surface area contributed by atoms with Gasteiger partial charge in [-0.1, -0.05) is 30.3 Å². The number of nitriles is 1. The summed E-state index contributed by atoms with van der Waals surface area (Å²) in [5.74, 6) is 0.600. The average molecular weight is 264 g/mol. The number of nitrogens with zero attached hydrogens (tertiary/aromatic N) is 3. The van der Waals surface area contributed by atoms with Crippen LogP contribution in [0.1, 0.15) is 17.0 Å². The third-order valence-corrected chi connectivity index (χ3v) is 3.32. The Hall–Kier alpha value is -2.87. The molecule has 0 saturated heterocycles. The Morgan fingerprint density at radius 3 is 2.60 bits per heavy atom. The molecule has 1 N–H and O–H groups in total. The number of aromatic amines is 1. The van der Waals surface area contributed by atoms with Gasteiger partial charge in [0.15, 0.2) is 5.65 Å². The molecule has 2 aromatic heterocycles. The molecule has 3 rings (SSSR count). The van der Waals surface area contributed by atoms with E-state index in [4.69, 9.17) is 0 Å². The summed E-state index contributed by atoms with van der Waals surface area (Å²) in [5, 5.41) is 12.2. The summed E-state index contributed by atoms with van der Waals surface area (Å²) in [6, 6.07) is 11.5. The largest absolute Gasteiger partial charge is 0.279 e. The minimum Gasteiger partial charge on any atom is -0.276 e. The first-order valence-corrected chi connectivity index (χ1v) is 6.21. The van der Waals surface area contributed by atoms with Crippen molar-refractivity contribution >= 4 is 5.65 Å². The van der Waals surface area contributed by atoms with Crippen LogP contribution in [0.5, 0.6) is 0 Å². The maximum Gasteiger partial charge on any atom is 0.279 e. The highest BCUT2D eigenvalue weighted by atomic mass is 16.1. The maximum absolute atomic E-state index is 12.6. The molecule has 0 aliphatic carbocycles. The number of nitrogens with one attached hydrogen (secondary N) is 1. The first-order chi connectivity index (χ1) is 9.63. The summed E-state index contributed by atoms with van der Waals surface area (Å²) < 4.78 is 1.34. The minimum atomic E-state index is -0.191. The third kappa shape index (κ3) is 1.62. The Morgan fingerprint density at radius 1 is 1.25 bits per heavy atom. The van der Waals surface area contributed by atoms with Crippen molar-refractivity contribution in [2.24, 2.45) is 0 Å². The van der Waals surface area contributed by atoms with Gasteiger partial charge in [0.05, 0.1) is 5.56 Å². The number of pyridine rings is 1. The highest BCUT2D eigenvalue weighted by molar-refractivity contribution is 5.73. The Morgan fingerprint density at radius 2 is 1.95 bits per heavy atom. The molecule has 5 nitrogen and oxygen atoms in total. The summed E-state index contributed by atoms with van der Waals surface area (Å²) in [5.41, 5.74) is 2.61. The van der Waals surface area contributed by atoms with Gasteiger partial charge in [0.2, 0.25) is 0 Å². The van der Waals surface area contributed by atoms with Crippen LogP contribution >= 0.6 is 0 Å². The van der Waals surface area contributed by atoms with Crippen LogP contribution in [0.4, 0.5) is 0 Å². The van der Waals surface area contributed by atoms with Crippen LogP contribution < -0.4 is 5.56 Å². The first-order valence-electron chi connectivity index (χ1n) is 6.21. The van der Waals surface area contributed by atoms with Gasteiger partial charge < -0.3 is 0 Å². The van der Waals surface area contributed by atoms with Gasteiger partial charge in [-0.25, -0.2) is 4.98 Å². The van der Waals surface area contributed by atoms with Crippen molar-refractivity contribution in [3.63, 3.8) is 0 Å². The van der Waals surface area contributed by atoms with Crippen LogP contribution in [0.2, 0.25) is 0 Å².